The molecule has 0 saturated heterocycles. The van der Waals surface area contributed by atoms with Crippen LogP contribution in [0, 0.1) is 18.3 Å². The first-order valence-electron chi connectivity index (χ1n) is 6.77. The zero-order valence-corrected chi connectivity index (χ0v) is 12.7. The van der Waals surface area contributed by atoms with E-state index in [1.165, 1.54) is 5.56 Å². The highest BCUT2D eigenvalue weighted by Crippen LogP contribution is 2.13. The van der Waals surface area contributed by atoms with Gasteiger partial charge >= 0.3 is 0 Å². The molecule has 0 N–H and O–H groups in total. The van der Waals surface area contributed by atoms with Gasteiger partial charge in [0, 0.05) is 10.6 Å². The molecule has 0 bridgehead atoms. The van der Waals surface area contributed by atoms with Gasteiger partial charge in [0.15, 0.2) is 0 Å². The molecule has 0 radical (unpaired) electrons. The predicted molar refractivity (Wildman–Crippen MR) is 83.7 cm³/mol. The van der Waals surface area contributed by atoms with Crippen molar-refractivity contribution in [3.63, 3.8) is 0 Å². The Morgan fingerprint density at radius 3 is 2.38 bits per heavy atom. The van der Waals surface area contributed by atoms with Gasteiger partial charge in [-0.1, -0.05) is 17.7 Å². The Labute approximate surface area is 127 Å². The molecule has 0 amide bonds. The Bertz CT molecular complexity index is 642. The first-order valence-corrected chi connectivity index (χ1v) is 8.09. The summed E-state index contributed by atoms with van der Waals surface area (Å²) in [4.78, 5) is 0.860. The molecule has 1 atom stereocenters. The van der Waals surface area contributed by atoms with Gasteiger partial charge in [-0.05, 0) is 49.7 Å². The number of benzene rings is 2. The van der Waals surface area contributed by atoms with Crippen molar-refractivity contribution in [2.75, 3.05) is 12.4 Å². The lowest BCUT2D eigenvalue weighted by molar-refractivity contribution is 0.318. The first-order chi connectivity index (χ1) is 10.2. The molecule has 2 aromatic rings. The smallest absolute Gasteiger partial charge is 0.119 e. The number of hydrogen-bond donors (Lipinski definition) is 0. The van der Waals surface area contributed by atoms with E-state index in [9.17, 15) is 4.21 Å². The molecule has 0 saturated carbocycles. The van der Waals surface area contributed by atoms with Crippen molar-refractivity contribution in [3.05, 3.63) is 59.7 Å². The van der Waals surface area contributed by atoms with Gasteiger partial charge < -0.3 is 4.74 Å². The second kappa shape index (κ2) is 7.61. The van der Waals surface area contributed by atoms with Crippen LogP contribution in [0.3, 0.4) is 0 Å². The summed E-state index contributed by atoms with van der Waals surface area (Å²) in [6, 6.07) is 16.8. The van der Waals surface area contributed by atoms with Crippen LogP contribution in [-0.2, 0) is 10.8 Å². The molecule has 108 valence electrons. The van der Waals surface area contributed by atoms with Crippen molar-refractivity contribution >= 4 is 10.8 Å². The van der Waals surface area contributed by atoms with Crippen molar-refractivity contribution in [2.24, 2.45) is 0 Å². The monoisotopic (exact) mass is 299 g/mol. The van der Waals surface area contributed by atoms with Crippen LogP contribution in [-0.4, -0.2) is 16.6 Å². The Morgan fingerprint density at radius 2 is 1.76 bits per heavy atom. The van der Waals surface area contributed by atoms with Gasteiger partial charge in [-0.15, -0.1) is 0 Å². The zero-order chi connectivity index (χ0) is 15.1. The van der Waals surface area contributed by atoms with Crippen LogP contribution in [0.2, 0.25) is 0 Å². The second-order valence-corrected chi connectivity index (χ2v) is 6.27. The van der Waals surface area contributed by atoms with Gasteiger partial charge in [0.25, 0.3) is 0 Å². The number of nitriles is 1. The second-order valence-electron chi connectivity index (χ2n) is 4.70. The van der Waals surface area contributed by atoms with Gasteiger partial charge in [-0.25, -0.2) is 0 Å². The number of nitrogens with zero attached hydrogens (tertiary/aromatic N) is 1. The number of hydrogen-bond acceptors (Lipinski definition) is 3. The average Bonchev–Trinajstić information content (AvgIpc) is 2.52. The Hall–Kier alpha value is -2.12. The van der Waals surface area contributed by atoms with Crippen LogP contribution in [0.15, 0.2) is 53.4 Å². The zero-order valence-electron chi connectivity index (χ0n) is 11.9. The van der Waals surface area contributed by atoms with E-state index in [0.717, 1.165) is 17.1 Å². The molecule has 0 fully saturated rings. The molecule has 1 unspecified atom stereocenters. The van der Waals surface area contributed by atoms with Crippen molar-refractivity contribution < 1.29 is 8.95 Å². The van der Waals surface area contributed by atoms with Crippen molar-refractivity contribution in [1.29, 1.82) is 5.26 Å². The molecule has 21 heavy (non-hydrogen) atoms. The summed E-state index contributed by atoms with van der Waals surface area (Å²) in [6.45, 7) is 2.53. The quantitative estimate of drug-likeness (QED) is 0.768. The number of rotatable bonds is 6. The van der Waals surface area contributed by atoms with E-state index in [-0.39, 0.29) is 0 Å². The van der Waals surface area contributed by atoms with E-state index in [2.05, 4.69) is 6.07 Å². The van der Waals surface area contributed by atoms with Gasteiger partial charge in [0.2, 0.25) is 0 Å². The highest BCUT2D eigenvalue weighted by atomic mass is 32.2. The lowest BCUT2D eigenvalue weighted by Crippen LogP contribution is -2.05. The molecule has 0 aliphatic heterocycles. The van der Waals surface area contributed by atoms with Gasteiger partial charge in [-0.2, -0.15) is 5.26 Å². The first kappa shape index (κ1) is 15.3. The van der Waals surface area contributed by atoms with Crippen molar-refractivity contribution in [3.8, 4) is 11.8 Å². The molecule has 2 rings (SSSR count). The summed E-state index contributed by atoms with van der Waals surface area (Å²) in [5.41, 5.74) is 1.78. The predicted octanol–water partition coefficient (Wildman–Crippen LogP) is 3.44. The van der Waals surface area contributed by atoms with E-state index in [1.807, 2.05) is 31.2 Å². The third kappa shape index (κ3) is 4.73. The fraction of sp³-hybridized carbons (Fsp3) is 0.235. The highest BCUT2D eigenvalue weighted by molar-refractivity contribution is 7.85. The number of ether oxygens (including phenoxy) is 1. The van der Waals surface area contributed by atoms with Crippen molar-refractivity contribution in [2.45, 2.75) is 18.2 Å². The third-order valence-electron chi connectivity index (χ3n) is 3.01. The van der Waals surface area contributed by atoms with Crippen molar-refractivity contribution in [1.82, 2.24) is 0 Å². The Kier molecular flexibility index (Phi) is 5.53. The van der Waals surface area contributed by atoms with Crippen LogP contribution in [0.5, 0.6) is 5.75 Å². The summed E-state index contributed by atoms with van der Waals surface area (Å²) in [5.74, 6) is 1.31. The van der Waals surface area contributed by atoms with Gasteiger partial charge in [0.1, 0.15) is 5.75 Å². The van der Waals surface area contributed by atoms with Crippen LogP contribution < -0.4 is 4.74 Å². The molecule has 0 aliphatic carbocycles. The van der Waals surface area contributed by atoms with Crippen LogP contribution >= 0.6 is 0 Å². The fourth-order valence-electron chi connectivity index (χ4n) is 1.81. The molecule has 4 heteroatoms. The maximum atomic E-state index is 12.1. The van der Waals surface area contributed by atoms with Crippen LogP contribution in [0.4, 0.5) is 0 Å². The normalized spacial score (nSPS) is 11.6. The van der Waals surface area contributed by atoms with Gasteiger partial charge in [-0.3, -0.25) is 4.21 Å². The lowest BCUT2D eigenvalue weighted by atomic mass is 10.2. The third-order valence-corrected chi connectivity index (χ3v) is 4.47. The fourth-order valence-corrected chi connectivity index (χ4v) is 2.87. The molecule has 0 spiro atoms. The summed E-state index contributed by atoms with van der Waals surface area (Å²) in [5, 5.41) is 8.70. The Balaban J connectivity index is 1.75. The van der Waals surface area contributed by atoms with Crippen LogP contribution in [0.25, 0.3) is 0 Å². The minimum atomic E-state index is -0.978. The molecule has 3 nitrogen and oxygen atoms in total. The maximum absolute atomic E-state index is 12.1. The standard InChI is InChI=1S/C17H17NO2S/c1-14-3-9-17(10-4-14)21(19)12-2-11-20-16-7-5-15(13-18)6-8-16/h3-10H,2,11-12H2,1H3. The summed E-state index contributed by atoms with van der Waals surface area (Å²) < 4.78 is 17.6. The van der Waals surface area contributed by atoms with E-state index in [0.29, 0.717) is 17.9 Å². The molecular formula is C17H17NO2S. The summed E-state index contributed by atoms with van der Waals surface area (Å²) in [6.07, 6.45) is 0.723. The van der Waals surface area contributed by atoms with E-state index in [4.69, 9.17) is 10.00 Å². The maximum Gasteiger partial charge on any atom is 0.119 e. The topological polar surface area (TPSA) is 50.1 Å². The van der Waals surface area contributed by atoms with E-state index in [1.54, 1.807) is 24.3 Å². The largest absolute Gasteiger partial charge is 0.494 e. The van der Waals surface area contributed by atoms with E-state index < -0.39 is 10.8 Å². The Morgan fingerprint density at radius 1 is 1.10 bits per heavy atom. The SMILES string of the molecule is Cc1ccc(S(=O)CCCOc2ccc(C#N)cc2)cc1. The molecule has 0 aromatic heterocycles. The van der Waals surface area contributed by atoms with Crippen LogP contribution in [0.1, 0.15) is 17.5 Å². The minimum absolute atomic E-state index is 0.517. The lowest BCUT2D eigenvalue weighted by Gasteiger charge is -2.06. The summed E-state index contributed by atoms with van der Waals surface area (Å²) >= 11 is 0. The molecular weight excluding hydrogens is 282 g/mol. The number of aryl methyl sites for hydroxylation is 1. The highest BCUT2D eigenvalue weighted by Gasteiger charge is 2.03. The molecule has 2 aromatic carbocycles. The summed E-state index contributed by atoms with van der Waals surface area (Å²) in [7, 11) is -0.978. The molecule has 0 heterocycles. The van der Waals surface area contributed by atoms with Gasteiger partial charge in [0.05, 0.1) is 29.0 Å². The van der Waals surface area contributed by atoms with E-state index >= 15 is 0 Å². The molecule has 0 aliphatic rings. The minimum Gasteiger partial charge on any atom is -0.494 e. The average molecular weight is 299 g/mol.